The van der Waals surface area contributed by atoms with Crippen LogP contribution in [0.1, 0.15) is 27.7 Å². The van der Waals surface area contributed by atoms with E-state index in [1.807, 2.05) is 13.8 Å². The van der Waals surface area contributed by atoms with Crippen molar-refractivity contribution in [2.45, 2.75) is 27.7 Å². The fourth-order valence-electron chi connectivity index (χ4n) is 1.27. The van der Waals surface area contributed by atoms with E-state index in [0.29, 0.717) is 11.1 Å². The van der Waals surface area contributed by atoms with Gasteiger partial charge in [-0.15, -0.1) is 0 Å². The number of carbonyl (C=O) groups excluding carboxylic acids is 2. The van der Waals surface area contributed by atoms with Crippen LogP contribution in [0.15, 0.2) is 48.1 Å². The third-order valence-corrected chi connectivity index (χ3v) is 2.32. The highest BCUT2D eigenvalue weighted by Gasteiger charge is 2.08. The minimum atomic E-state index is -0.101. The Hall–Kier alpha value is -1.70. The summed E-state index contributed by atoms with van der Waals surface area (Å²) in [5, 5.41) is 0. The second-order valence-corrected chi connectivity index (χ2v) is 4.26. The minimum Gasteiger partial charge on any atom is -0.295 e. The topological polar surface area (TPSA) is 34.1 Å². The highest BCUT2D eigenvalue weighted by Crippen LogP contribution is 2.16. The molecule has 0 aromatic carbocycles. The van der Waals surface area contributed by atoms with Crippen LogP contribution in [0.3, 0.4) is 0 Å². The lowest BCUT2D eigenvalue weighted by Crippen LogP contribution is -2.04. The number of hydrogen-bond donors (Lipinski definition) is 0. The largest absolute Gasteiger partial charge is 0.295 e. The van der Waals surface area contributed by atoms with E-state index in [-0.39, 0.29) is 17.5 Å². The Kier molecular flexibility index (Phi) is 6.11. The third-order valence-electron chi connectivity index (χ3n) is 2.32. The van der Waals surface area contributed by atoms with E-state index in [1.54, 1.807) is 19.1 Å². The van der Waals surface area contributed by atoms with Crippen molar-refractivity contribution in [1.82, 2.24) is 0 Å². The third kappa shape index (κ3) is 4.77. The molecule has 0 aliphatic rings. The fourth-order valence-corrected chi connectivity index (χ4v) is 1.27. The van der Waals surface area contributed by atoms with Crippen molar-refractivity contribution >= 4 is 11.6 Å². The predicted molar refractivity (Wildman–Crippen MR) is 71.7 cm³/mol. The molecule has 0 amide bonds. The van der Waals surface area contributed by atoms with E-state index in [1.165, 1.54) is 13.0 Å². The molecule has 0 aromatic rings. The Balaban J connectivity index is 5.41. The monoisotopic (exact) mass is 232 g/mol. The lowest BCUT2D eigenvalue weighted by Gasteiger charge is -2.06. The summed E-state index contributed by atoms with van der Waals surface area (Å²) in [5.41, 5.74) is 1.92. The van der Waals surface area contributed by atoms with Gasteiger partial charge in [-0.2, -0.15) is 0 Å². The van der Waals surface area contributed by atoms with Crippen LogP contribution in [-0.2, 0) is 9.59 Å². The molecule has 0 spiro atoms. The first kappa shape index (κ1) is 15.3. The van der Waals surface area contributed by atoms with Gasteiger partial charge < -0.3 is 0 Å². The molecule has 2 heteroatoms. The molecule has 0 unspecified atom stereocenters. The number of Topliss-reactive ketones (excluding diaryl/α,β-unsaturated/α-hetero) is 1. The van der Waals surface area contributed by atoms with Gasteiger partial charge in [-0.05, 0) is 31.6 Å². The Morgan fingerprint density at radius 1 is 1.06 bits per heavy atom. The Bertz CT molecular complexity index is 407. The van der Waals surface area contributed by atoms with Crippen LogP contribution in [0.5, 0.6) is 0 Å². The van der Waals surface area contributed by atoms with Gasteiger partial charge in [-0.25, -0.2) is 0 Å². The number of allylic oxidation sites excluding steroid dienone is 6. The van der Waals surface area contributed by atoms with Gasteiger partial charge in [0.2, 0.25) is 0 Å². The standard InChI is InChI=1S/C15H20O2/c1-7-13(10(2)3)14(12(6)16)8-9-15(17)11(4)5/h7-9,11H,1-2H2,3-6H3/b9-8+,14-13-. The van der Waals surface area contributed by atoms with Gasteiger partial charge in [0, 0.05) is 11.5 Å². The Morgan fingerprint density at radius 3 is 1.88 bits per heavy atom. The zero-order valence-electron chi connectivity index (χ0n) is 11.0. The van der Waals surface area contributed by atoms with Crippen LogP contribution in [-0.4, -0.2) is 11.6 Å². The molecule has 0 saturated carbocycles. The van der Waals surface area contributed by atoms with Crippen LogP contribution < -0.4 is 0 Å². The highest BCUT2D eigenvalue weighted by atomic mass is 16.1. The van der Waals surface area contributed by atoms with Crippen LogP contribution in [0.25, 0.3) is 0 Å². The first-order valence-corrected chi connectivity index (χ1v) is 5.56. The molecular formula is C15H20O2. The molecule has 0 radical (unpaired) electrons. The molecule has 0 N–H and O–H groups in total. The van der Waals surface area contributed by atoms with E-state index in [4.69, 9.17) is 0 Å². The number of carbonyl (C=O) groups is 2. The quantitative estimate of drug-likeness (QED) is 0.519. The van der Waals surface area contributed by atoms with E-state index in [2.05, 4.69) is 13.2 Å². The number of ketones is 2. The maximum atomic E-state index is 11.5. The van der Waals surface area contributed by atoms with Crippen LogP contribution in [0, 0.1) is 5.92 Å². The van der Waals surface area contributed by atoms with Crippen molar-refractivity contribution in [1.29, 1.82) is 0 Å². The predicted octanol–water partition coefficient (Wildman–Crippen LogP) is 3.42. The average molecular weight is 232 g/mol. The summed E-state index contributed by atoms with van der Waals surface area (Å²) >= 11 is 0. The van der Waals surface area contributed by atoms with Gasteiger partial charge >= 0.3 is 0 Å². The van der Waals surface area contributed by atoms with E-state index < -0.39 is 0 Å². The smallest absolute Gasteiger partial charge is 0.160 e. The van der Waals surface area contributed by atoms with Crippen LogP contribution in [0.4, 0.5) is 0 Å². The Labute approximate surface area is 103 Å². The maximum absolute atomic E-state index is 11.5. The van der Waals surface area contributed by atoms with Crippen molar-refractivity contribution < 1.29 is 9.59 Å². The molecule has 0 bridgehead atoms. The van der Waals surface area contributed by atoms with E-state index in [9.17, 15) is 9.59 Å². The minimum absolute atomic E-state index is 0.00567. The molecule has 0 rings (SSSR count). The van der Waals surface area contributed by atoms with Gasteiger partial charge in [-0.3, -0.25) is 9.59 Å². The van der Waals surface area contributed by atoms with Crippen LogP contribution in [0.2, 0.25) is 0 Å². The second kappa shape index (κ2) is 6.79. The molecule has 0 aromatic heterocycles. The highest BCUT2D eigenvalue weighted by molar-refractivity contribution is 6.00. The summed E-state index contributed by atoms with van der Waals surface area (Å²) in [7, 11) is 0. The Morgan fingerprint density at radius 2 is 1.59 bits per heavy atom. The lowest BCUT2D eigenvalue weighted by atomic mass is 9.98. The normalized spacial score (nSPS) is 12.5. The summed E-state index contributed by atoms with van der Waals surface area (Å²) in [6.45, 7) is 14.4. The summed E-state index contributed by atoms with van der Waals surface area (Å²) in [6.07, 6.45) is 4.58. The van der Waals surface area contributed by atoms with Crippen molar-refractivity contribution in [2.75, 3.05) is 0 Å². The summed E-state index contributed by atoms with van der Waals surface area (Å²) in [5.74, 6) is -0.180. The van der Waals surface area contributed by atoms with Crippen molar-refractivity contribution in [3.05, 3.63) is 48.1 Å². The molecule has 0 heterocycles. The van der Waals surface area contributed by atoms with E-state index in [0.717, 1.165) is 5.57 Å². The van der Waals surface area contributed by atoms with Crippen molar-refractivity contribution in [3.8, 4) is 0 Å². The van der Waals surface area contributed by atoms with Gasteiger partial charge in [0.15, 0.2) is 11.6 Å². The van der Waals surface area contributed by atoms with Gasteiger partial charge in [0.05, 0.1) is 0 Å². The molecule has 0 saturated heterocycles. The fraction of sp³-hybridized carbons (Fsp3) is 0.333. The van der Waals surface area contributed by atoms with Gasteiger partial charge in [-0.1, -0.05) is 38.7 Å². The van der Waals surface area contributed by atoms with Crippen molar-refractivity contribution in [3.63, 3.8) is 0 Å². The number of rotatable bonds is 6. The summed E-state index contributed by atoms with van der Waals surface area (Å²) in [6, 6.07) is 0. The summed E-state index contributed by atoms with van der Waals surface area (Å²) < 4.78 is 0. The van der Waals surface area contributed by atoms with Gasteiger partial charge in [0.1, 0.15) is 0 Å². The maximum Gasteiger partial charge on any atom is 0.160 e. The van der Waals surface area contributed by atoms with Crippen LogP contribution >= 0.6 is 0 Å². The first-order chi connectivity index (χ1) is 7.81. The molecule has 0 aliphatic heterocycles. The second-order valence-electron chi connectivity index (χ2n) is 4.26. The molecule has 0 atom stereocenters. The molecule has 2 nitrogen and oxygen atoms in total. The molecule has 92 valence electrons. The molecule has 0 aliphatic carbocycles. The molecular weight excluding hydrogens is 212 g/mol. The zero-order valence-corrected chi connectivity index (χ0v) is 11.0. The molecule has 0 fully saturated rings. The summed E-state index contributed by atoms with van der Waals surface area (Å²) in [4.78, 5) is 23.0. The van der Waals surface area contributed by atoms with Gasteiger partial charge in [0.25, 0.3) is 0 Å². The molecule has 17 heavy (non-hydrogen) atoms. The average Bonchev–Trinajstić information content (AvgIpc) is 2.22. The SMILES string of the molecule is C=C/C(C(=C)C)=C(\C=C\C(=O)C(C)C)C(C)=O. The zero-order chi connectivity index (χ0) is 13.6. The first-order valence-electron chi connectivity index (χ1n) is 5.56. The number of hydrogen-bond acceptors (Lipinski definition) is 2. The van der Waals surface area contributed by atoms with E-state index >= 15 is 0 Å². The lowest BCUT2D eigenvalue weighted by molar-refractivity contribution is -0.117. The van der Waals surface area contributed by atoms with Crippen molar-refractivity contribution in [2.24, 2.45) is 5.92 Å².